The van der Waals surface area contributed by atoms with E-state index < -0.39 is 0 Å². The molecule has 20 heavy (non-hydrogen) atoms. The Bertz CT molecular complexity index is 444. The molecule has 2 rings (SSSR count). The Kier molecular flexibility index (Phi) is 5.48. The number of ether oxygens (including phenoxy) is 2. The summed E-state index contributed by atoms with van der Waals surface area (Å²) in [4.78, 5) is 0. The number of hydrogen-bond acceptors (Lipinski definition) is 3. The molecule has 0 aromatic heterocycles. The van der Waals surface area contributed by atoms with Crippen LogP contribution in [0.4, 0.5) is 0 Å². The van der Waals surface area contributed by atoms with Crippen molar-refractivity contribution in [2.45, 2.75) is 45.3 Å². The van der Waals surface area contributed by atoms with E-state index in [1.54, 1.807) is 0 Å². The molecule has 110 valence electrons. The van der Waals surface area contributed by atoms with Crippen molar-refractivity contribution in [3.63, 3.8) is 0 Å². The van der Waals surface area contributed by atoms with Gasteiger partial charge in [0.25, 0.3) is 0 Å². The summed E-state index contributed by atoms with van der Waals surface area (Å²) in [5.41, 5.74) is 1.21. The Morgan fingerprint density at radius 1 is 1.40 bits per heavy atom. The molecule has 0 spiro atoms. The standard InChI is InChI=1S/C17H25NO2/c1-4-11-18-14(10-9-13(2)3)17-12-19-15-7-5-6-8-16(15)20-17/h5-8,14,17-18H,2,4,9-12H2,1,3H3. The van der Waals surface area contributed by atoms with Gasteiger partial charge in [0.1, 0.15) is 12.7 Å². The van der Waals surface area contributed by atoms with Crippen molar-refractivity contribution in [2.24, 2.45) is 0 Å². The number of para-hydroxylation sites is 2. The first-order chi connectivity index (χ1) is 9.70. The third-order valence-corrected chi connectivity index (χ3v) is 3.52. The zero-order chi connectivity index (χ0) is 14.4. The minimum atomic E-state index is 0.0656. The molecule has 0 radical (unpaired) electrons. The first-order valence-corrected chi connectivity index (χ1v) is 7.47. The van der Waals surface area contributed by atoms with Gasteiger partial charge in [0.2, 0.25) is 0 Å². The summed E-state index contributed by atoms with van der Waals surface area (Å²) in [5.74, 6) is 1.69. The summed E-state index contributed by atoms with van der Waals surface area (Å²) in [5, 5.41) is 3.58. The topological polar surface area (TPSA) is 30.5 Å². The van der Waals surface area contributed by atoms with Gasteiger partial charge in [0.05, 0.1) is 0 Å². The molecule has 1 aromatic rings. The van der Waals surface area contributed by atoms with Gasteiger partial charge in [-0.25, -0.2) is 0 Å². The van der Waals surface area contributed by atoms with Crippen LogP contribution in [0.5, 0.6) is 11.5 Å². The lowest BCUT2D eigenvalue weighted by molar-refractivity contribution is 0.0596. The Labute approximate surface area is 122 Å². The molecule has 2 atom stereocenters. The van der Waals surface area contributed by atoms with E-state index >= 15 is 0 Å². The lowest BCUT2D eigenvalue weighted by Gasteiger charge is -2.33. The summed E-state index contributed by atoms with van der Waals surface area (Å²) >= 11 is 0. The molecular formula is C17H25NO2. The van der Waals surface area contributed by atoms with Crippen molar-refractivity contribution in [2.75, 3.05) is 13.2 Å². The molecule has 0 saturated carbocycles. The zero-order valence-electron chi connectivity index (χ0n) is 12.5. The lowest BCUT2D eigenvalue weighted by atomic mass is 10.0. The van der Waals surface area contributed by atoms with E-state index in [9.17, 15) is 0 Å². The van der Waals surface area contributed by atoms with Crippen molar-refractivity contribution in [3.8, 4) is 11.5 Å². The summed E-state index contributed by atoms with van der Waals surface area (Å²) in [7, 11) is 0. The van der Waals surface area contributed by atoms with E-state index in [0.717, 1.165) is 37.3 Å². The second kappa shape index (κ2) is 7.34. The van der Waals surface area contributed by atoms with E-state index in [2.05, 4.69) is 25.7 Å². The summed E-state index contributed by atoms with van der Waals surface area (Å²) < 4.78 is 11.9. The third-order valence-electron chi connectivity index (χ3n) is 3.52. The minimum Gasteiger partial charge on any atom is -0.486 e. The molecule has 0 bridgehead atoms. The molecule has 0 aliphatic carbocycles. The highest BCUT2D eigenvalue weighted by Crippen LogP contribution is 2.32. The highest BCUT2D eigenvalue weighted by Gasteiger charge is 2.28. The fraction of sp³-hybridized carbons (Fsp3) is 0.529. The van der Waals surface area contributed by atoms with Crippen LogP contribution in [0.15, 0.2) is 36.4 Å². The van der Waals surface area contributed by atoms with Gasteiger partial charge in [-0.1, -0.05) is 24.6 Å². The Morgan fingerprint density at radius 3 is 2.85 bits per heavy atom. The molecule has 2 unspecified atom stereocenters. The van der Waals surface area contributed by atoms with Crippen LogP contribution >= 0.6 is 0 Å². The smallest absolute Gasteiger partial charge is 0.161 e. The Hall–Kier alpha value is -1.48. The maximum Gasteiger partial charge on any atom is 0.161 e. The molecule has 1 aromatic carbocycles. The number of hydrogen-bond donors (Lipinski definition) is 1. The number of fused-ring (bicyclic) bond motifs is 1. The average Bonchev–Trinajstić information content (AvgIpc) is 2.46. The first-order valence-electron chi connectivity index (χ1n) is 7.47. The monoisotopic (exact) mass is 275 g/mol. The zero-order valence-corrected chi connectivity index (χ0v) is 12.5. The third kappa shape index (κ3) is 4.01. The fourth-order valence-electron chi connectivity index (χ4n) is 2.39. The molecule has 1 aliphatic heterocycles. The lowest BCUT2D eigenvalue weighted by Crippen LogP contribution is -2.48. The molecule has 0 saturated heterocycles. The predicted molar refractivity (Wildman–Crippen MR) is 82.5 cm³/mol. The van der Waals surface area contributed by atoms with E-state index in [4.69, 9.17) is 9.47 Å². The number of allylic oxidation sites excluding steroid dienone is 1. The van der Waals surface area contributed by atoms with E-state index in [1.807, 2.05) is 24.3 Å². The Morgan fingerprint density at radius 2 is 2.15 bits per heavy atom. The molecule has 1 aliphatic rings. The molecule has 3 heteroatoms. The molecular weight excluding hydrogens is 250 g/mol. The van der Waals surface area contributed by atoms with Crippen molar-refractivity contribution >= 4 is 0 Å². The van der Waals surface area contributed by atoms with Gasteiger partial charge in [0.15, 0.2) is 11.5 Å². The predicted octanol–water partition coefficient (Wildman–Crippen LogP) is 3.55. The van der Waals surface area contributed by atoms with E-state index in [-0.39, 0.29) is 6.10 Å². The van der Waals surface area contributed by atoms with Crippen LogP contribution in [0.25, 0.3) is 0 Å². The van der Waals surface area contributed by atoms with E-state index in [1.165, 1.54) is 5.57 Å². The van der Waals surface area contributed by atoms with Crippen LogP contribution in [0.3, 0.4) is 0 Å². The van der Waals surface area contributed by atoms with Gasteiger partial charge in [0, 0.05) is 6.04 Å². The van der Waals surface area contributed by atoms with Crippen molar-refractivity contribution in [1.29, 1.82) is 0 Å². The van der Waals surface area contributed by atoms with Gasteiger partial charge < -0.3 is 14.8 Å². The number of nitrogens with one attached hydrogen (secondary N) is 1. The summed E-state index contributed by atoms with van der Waals surface area (Å²) in [6.45, 7) is 9.85. The van der Waals surface area contributed by atoms with Crippen molar-refractivity contribution in [3.05, 3.63) is 36.4 Å². The second-order valence-electron chi connectivity index (χ2n) is 5.47. The van der Waals surface area contributed by atoms with Crippen LogP contribution in [-0.2, 0) is 0 Å². The highest BCUT2D eigenvalue weighted by molar-refractivity contribution is 5.40. The largest absolute Gasteiger partial charge is 0.486 e. The van der Waals surface area contributed by atoms with Gasteiger partial charge in [-0.05, 0) is 44.9 Å². The fourth-order valence-corrected chi connectivity index (χ4v) is 2.39. The van der Waals surface area contributed by atoms with Crippen molar-refractivity contribution < 1.29 is 9.47 Å². The van der Waals surface area contributed by atoms with E-state index in [0.29, 0.717) is 12.6 Å². The maximum absolute atomic E-state index is 6.11. The molecule has 1 N–H and O–H groups in total. The summed E-state index contributed by atoms with van der Waals surface area (Å²) in [6.07, 6.45) is 3.23. The normalized spacial score (nSPS) is 18.6. The van der Waals surface area contributed by atoms with Crippen molar-refractivity contribution in [1.82, 2.24) is 5.32 Å². The van der Waals surface area contributed by atoms with Crippen LogP contribution in [-0.4, -0.2) is 25.3 Å². The second-order valence-corrected chi connectivity index (χ2v) is 5.47. The van der Waals surface area contributed by atoms with Gasteiger partial charge in [-0.2, -0.15) is 0 Å². The average molecular weight is 275 g/mol. The minimum absolute atomic E-state index is 0.0656. The Balaban J connectivity index is 2.00. The number of benzene rings is 1. The van der Waals surface area contributed by atoms with Crippen LogP contribution in [0, 0.1) is 0 Å². The van der Waals surface area contributed by atoms with Gasteiger partial charge in [-0.3, -0.25) is 0 Å². The summed E-state index contributed by atoms with van der Waals surface area (Å²) in [6, 6.07) is 8.17. The maximum atomic E-state index is 6.11. The molecule has 0 fully saturated rings. The molecule has 1 heterocycles. The first kappa shape index (κ1) is 14.9. The quantitative estimate of drug-likeness (QED) is 0.772. The highest BCUT2D eigenvalue weighted by atomic mass is 16.6. The van der Waals surface area contributed by atoms with Gasteiger partial charge >= 0.3 is 0 Å². The SMILES string of the molecule is C=C(C)CCC(NCCC)C1COc2ccccc2O1. The molecule has 3 nitrogen and oxygen atoms in total. The van der Waals surface area contributed by atoms with Crippen LogP contribution in [0.1, 0.15) is 33.1 Å². The molecule has 0 amide bonds. The van der Waals surface area contributed by atoms with Crippen LogP contribution in [0.2, 0.25) is 0 Å². The number of rotatable bonds is 7. The van der Waals surface area contributed by atoms with Gasteiger partial charge in [-0.15, -0.1) is 6.58 Å². The van der Waals surface area contributed by atoms with Crippen LogP contribution < -0.4 is 14.8 Å².